The zero-order valence-electron chi connectivity index (χ0n) is 21.0. The topological polar surface area (TPSA) is 58.4 Å². The van der Waals surface area contributed by atoms with Crippen LogP contribution in [-0.4, -0.2) is 63.3 Å². The van der Waals surface area contributed by atoms with Crippen molar-refractivity contribution in [2.24, 2.45) is 11.8 Å². The minimum atomic E-state index is -2.54. The predicted octanol–water partition coefficient (Wildman–Crippen LogP) is 4.85. The van der Waals surface area contributed by atoms with E-state index >= 15 is 0 Å². The number of benzene rings is 1. The molecule has 3 aliphatic rings. The van der Waals surface area contributed by atoms with Crippen LogP contribution >= 0.6 is 0 Å². The summed E-state index contributed by atoms with van der Waals surface area (Å²) in [6, 6.07) is 5.67. The normalized spacial score (nSPS) is 21.5. The summed E-state index contributed by atoms with van der Waals surface area (Å²) < 4.78 is 29.5. The monoisotopic (exact) mass is 486 g/mol. The Morgan fingerprint density at radius 2 is 1.63 bits per heavy atom. The van der Waals surface area contributed by atoms with Gasteiger partial charge in [0.1, 0.15) is 5.82 Å². The highest BCUT2D eigenvalue weighted by Crippen LogP contribution is 2.38. The molecular formula is C27H36F2N4O2. The summed E-state index contributed by atoms with van der Waals surface area (Å²) in [4.78, 5) is 34.2. The van der Waals surface area contributed by atoms with Gasteiger partial charge in [-0.05, 0) is 49.8 Å². The fourth-order valence-corrected chi connectivity index (χ4v) is 5.46. The average Bonchev–Trinajstić information content (AvgIpc) is 3.60. The molecule has 2 amide bonds. The molecule has 2 aromatic rings. The molecule has 2 aliphatic carbocycles. The number of fused-ring (bicyclic) bond motifs is 1. The van der Waals surface area contributed by atoms with Crippen molar-refractivity contribution in [3.8, 4) is 0 Å². The van der Waals surface area contributed by atoms with E-state index in [1.54, 1.807) is 0 Å². The Bertz CT molecular complexity index is 1110. The lowest BCUT2D eigenvalue weighted by Gasteiger charge is -2.35. The predicted molar refractivity (Wildman–Crippen MR) is 131 cm³/mol. The smallest absolute Gasteiger partial charge is 0.254 e. The molecule has 8 heteroatoms. The summed E-state index contributed by atoms with van der Waals surface area (Å²) in [5.74, 6) is -1.01. The molecule has 3 fully saturated rings. The highest BCUT2D eigenvalue weighted by Gasteiger charge is 2.37. The fourth-order valence-electron chi connectivity index (χ4n) is 5.46. The molecule has 2 saturated carbocycles. The van der Waals surface area contributed by atoms with E-state index in [2.05, 4.69) is 25.3 Å². The van der Waals surface area contributed by atoms with E-state index in [0.29, 0.717) is 51.1 Å². The zero-order valence-corrected chi connectivity index (χ0v) is 21.0. The molecule has 5 rings (SSSR count). The zero-order chi connectivity index (χ0) is 25.0. The second kappa shape index (κ2) is 8.86. The summed E-state index contributed by atoms with van der Waals surface area (Å²) in [6.45, 7) is 9.26. The van der Waals surface area contributed by atoms with Gasteiger partial charge in [0.2, 0.25) is 11.8 Å². The van der Waals surface area contributed by atoms with Gasteiger partial charge in [-0.1, -0.05) is 20.8 Å². The van der Waals surface area contributed by atoms with Crippen molar-refractivity contribution in [1.82, 2.24) is 19.4 Å². The Hall–Kier alpha value is -2.51. The third-order valence-electron chi connectivity index (χ3n) is 7.75. The van der Waals surface area contributed by atoms with Crippen LogP contribution in [0.4, 0.5) is 8.78 Å². The van der Waals surface area contributed by atoms with Crippen LogP contribution in [0.25, 0.3) is 11.0 Å². The number of hydrogen-bond donors (Lipinski definition) is 0. The Kier molecular flexibility index (Phi) is 6.12. The first-order valence-electron chi connectivity index (χ1n) is 13.0. The maximum Gasteiger partial charge on any atom is 0.254 e. The quantitative estimate of drug-likeness (QED) is 0.621. The summed E-state index contributed by atoms with van der Waals surface area (Å²) in [7, 11) is 0. The molecule has 0 spiro atoms. The highest BCUT2D eigenvalue weighted by molar-refractivity contribution is 5.97. The van der Waals surface area contributed by atoms with Crippen LogP contribution in [0.5, 0.6) is 0 Å². The second-order valence-electron chi connectivity index (χ2n) is 11.7. The van der Waals surface area contributed by atoms with Gasteiger partial charge in [0, 0.05) is 62.5 Å². The van der Waals surface area contributed by atoms with Crippen molar-refractivity contribution in [3.63, 3.8) is 0 Å². The third-order valence-corrected chi connectivity index (χ3v) is 7.75. The Morgan fingerprint density at radius 1 is 1.00 bits per heavy atom. The van der Waals surface area contributed by atoms with Gasteiger partial charge in [-0.2, -0.15) is 0 Å². The summed E-state index contributed by atoms with van der Waals surface area (Å²) in [5.41, 5.74) is 2.10. The van der Waals surface area contributed by atoms with Crippen molar-refractivity contribution in [2.45, 2.75) is 77.2 Å². The van der Waals surface area contributed by atoms with Crippen LogP contribution in [0.15, 0.2) is 18.2 Å². The van der Waals surface area contributed by atoms with Gasteiger partial charge >= 0.3 is 0 Å². The number of carbonyl (C=O) groups is 2. The van der Waals surface area contributed by atoms with Gasteiger partial charge < -0.3 is 14.4 Å². The molecular weight excluding hydrogens is 450 g/mol. The maximum atomic E-state index is 13.7. The van der Waals surface area contributed by atoms with Crippen molar-refractivity contribution in [3.05, 3.63) is 29.6 Å². The lowest BCUT2D eigenvalue weighted by Crippen LogP contribution is -2.51. The van der Waals surface area contributed by atoms with E-state index in [1.165, 1.54) is 0 Å². The van der Waals surface area contributed by atoms with Crippen molar-refractivity contribution >= 4 is 22.8 Å². The van der Waals surface area contributed by atoms with Crippen molar-refractivity contribution < 1.29 is 18.4 Å². The number of amides is 2. The molecule has 0 radical (unpaired) electrons. The summed E-state index contributed by atoms with van der Waals surface area (Å²) in [6.07, 6.45) is 2.92. The average molecular weight is 487 g/mol. The fraction of sp³-hybridized carbons (Fsp3) is 0.667. The molecule has 1 aromatic heterocycles. The van der Waals surface area contributed by atoms with Crippen molar-refractivity contribution in [1.29, 1.82) is 0 Å². The first-order valence-corrected chi connectivity index (χ1v) is 13.0. The number of aromatic nitrogens is 2. The van der Waals surface area contributed by atoms with Gasteiger partial charge in [-0.3, -0.25) is 9.59 Å². The van der Waals surface area contributed by atoms with Gasteiger partial charge in [0.05, 0.1) is 11.0 Å². The SMILES string of the molecule is CC(C)(C)c1nc2cc(C(=O)N3CCN(C(=O)C4CC4)CC3)ccc2n1CC1CCC(F)(F)CC1. The van der Waals surface area contributed by atoms with Crippen LogP contribution in [0.2, 0.25) is 0 Å². The molecule has 2 heterocycles. The van der Waals surface area contributed by atoms with Gasteiger partial charge in [-0.15, -0.1) is 0 Å². The largest absolute Gasteiger partial charge is 0.339 e. The molecule has 0 atom stereocenters. The first kappa shape index (κ1) is 24.2. The standard InChI is InChI=1S/C27H36F2N4O2/c1-26(2,3)25-30-21-16-20(24(35)32-14-12-31(13-15-32)23(34)19-4-5-19)6-7-22(21)33(25)17-18-8-10-27(28,29)11-9-18/h6-7,16,18-19H,4-5,8-15,17H2,1-3H3. The van der Waals surface area contributed by atoms with E-state index in [0.717, 1.165) is 29.7 Å². The molecule has 35 heavy (non-hydrogen) atoms. The lowest BCUT2D eigenvalue weighted by molar-refractivity contribution is -0.134. The van der Waals surface area contributed by atoms with Crippen LogP contribution < -0.4 is 0 Å². The Morgan fingerprint density at radius 3 is 2.23 bits per heavy atom. The van der Waals surface area contributed by atoms with E-state index in [-0.39, 0.29) is 41.9 Å². The number of halogens is 2. The van der Waals surface area contributed by atoms with Crippen LogP contribution in [0, 0.1) is 11.8 Å². The molecule has 1 saturated heterocycles. The van der Waals surface area contributed by atoms with Crippen molar-refractivity contribution in [2.75, 3.05) is 26.2 Å². The van der Waals surface area contributed by atoms with E-state index in [4.69, 9.17) is 4.98 Å². The summed E-state index contributed by atoms with van der Waals surface area (Å²) >= 11 is 0. The minimum Gasteiger partial charge on any atom is -0.339 e. The highest BCUT2D eigenvalue weighted by atomic mass is 19.3. The van der Waals surface area contributed by atoms with Crippen LogP contribution in [0.3, 0.4) is 0 Å². The van der Waals surface area contributed by atoms with Gasteiger partial charge in [0.15, 0.2) is 0 Å². The molecule has 0 unspecified atom stereocenters. The molecule has 6 nitrogen and oxygen atoms in total. The summed E-state index contributed by atoms with van der Waals surface area (Å²) in [5, 5.41) is 0. The third kappa shape index (κ3) is 5.07. The number of imidazole rings is 1. The van der Waals surface area contributed by atoms with Gasteiger partial charge in [0.25, 0.3) is 5.91 Å². The number of alkyl halides is 2. The Labute approximate surface area is 205 Å². The van der Waals surface area contributed by atoms with Crippen LogP contribution in [-0.2, 0) is 16.8 Å². The second-order valence-corrected chi connectivity index (χ2v) is 11.7. The first-order chi connectivity index (χ1) is 16.5. The number of hydrogen-bond acceptors (Lipinski definition) is 3. The number of piperazine rings is 1. The lowest BCUT2D eigenvalue weighted by atomic mass is 9.86. The van der Waals surface area contributed by atoms with E-state index < -0.39 is 5.92 Å². The van der Waals surface area contributed by atoms with E-state index in [9.17, 15) is 18.4 Å². The van der Waals surface area contributed by atoms with Crippen LogP contribution in [0.1, 0.15) is 75.5 Å². The minimum absolute atomic E-state index is 0.0354. The van der Waals surface area contributed by atoms with E-state index in [1.807, 2.05) is 28.0 Å². The molecule has 1 aromatic carbocycles. The molecule has 0 bridgehead atoms. The number of carbonyl (C=O) groups excluding carboxylic acids is 2. The Balaban J connectivity index is 1.34. The molecule has 190 valence electrons. The molecule has 0 N–H and O–H groups in total. The van der Waals surface area contributed by atoms with Gasteiger partial charge in [-0.25, -0.2) is 13.8 Å². The molecule has 1 aliphatic heterocycles. The maximum absolute atomic E-state index is 13.7. The number of rotatable bonds is 4. The number of nitrogens with zero attached hydrogens (tertiary/aromatic N) is 4.